The van der Waals surface area contributed by atoms with E-state index in [1.807, 2.05) is 30.3 Å². The molecule has 0 saturated heterocycles. The number of carbonyl (C=O) groups excluding carboxylic acids is 1. The van der Waals surface area contributed by atoms with Crippen LogP contribution in [0.1, 0.15) is 16.1 Å². The van der Waals surface area contributed by atoms with Gasteiger partial charge in [-0.15, -0.1) is 0 Å². The van der Waals surface area contributed by atoms with Gasteiger partial charge in [0.1, 0.15) is 23.8 Å². The summed E-state index contributed by atoms with van der Waals surface area (Å²) in [7, 11) is 1.61. The lowest BCUT2D eigenvalue weighted by Crippen LogP contribution is -2.17. The van der Waals surface area contributed by atoms with Crippen molar-refractivity contribution in [2.45, 2.75) is 0 Å². The fourth-order valence-corrected chi connectivity index (χ4v) is 2.44. The van der Waals surface area contributed by atoms with E-state index >= 15 is 0 Å². The molecule has 0 aliphatic rings. The Labute approximate surface area is 168 Å². The minimum atomic E-state index is -0.389. The first kappa shape index (κ1) is 19.6. The van der Waals surface area contributed by atoms with Gasteiger partial charge in [-0.2, -0.15) is 5.26 Å². The third-order valence-corrected chi connectivity index (χ3v) is 3.85. The van der Waals surface area contributed by atoms with Gasteiger partial charge in [-0.3, -0.25) is 4.79 Å². The Balaban J connectivity index is 1.52. The molecule has 0 spiro atoms. The SMILES string of the molecule is COc1ccc(OCCNc2nccc(C(=O)Nc3cccc(C#N)c3)n2)cc1. The van der Waals surface area contributed by atoms with E-state index in [1.54, 1.807) is 31.4 Å². The molecule has 0 bridgehead atoms. The Bertz CT molecular complexity index is 1020. The number of amides is 1. The molecule has 0 saturated carbocycles. The molecule has 29 heavy (non-hydrogen) atoms. The van der Waals surface area contributed by atoms with Crippen LogP contribution in [0.25, 0.3) is 0 Å². The molecule has 3 rings (SSSR count). The van der Waals surface area contributed by atoms with Gasteiger partial charge < -0.3 is 20.1 Å². The normalized spacial score (nSPS) is 9.93. The number of nitrogens with zero attached hydrogens (tertiary/aromatic N) is 3. The Morgan fingerprint density at radius 3 is 2.69 bits per heavy atom. The Kier molecular flexibility index (Phi) is 6.58. The summed E-state index contributed by atoms with van der Waals surface area (Å²) in [6.45, 7) is 0.856. The second-order valence-electron chi connectivity index (χ2n) is 5.86. The van der Waals surface area contributed by atoms with E-state index in [4.69, 9.17) is 14.7 Å². The molecule has 0 aliphatic carbocycles. The molecule has 0 radical (unpaired) electrons. The number of carbonyl (C=O) groups is 1. The lowest BCUT2D eigenvalue weighted by Gasteiger charge is -2.09. The first-order chi connectivity index (χ1) is 14.2. The molecular weight excluding hydrogens is 370 g/mol. The van der Waals surface area contributed by atoms with Crippen LogP contribution in [0, 0.1) is 11.3 Å². The van der Waals surface area contributed by atoms with Crippen molar-refractivity contribution in [3.63, 3.8) is 0 Å². The van der Waals surface area contributed by atoms with Gasteiger partial charge in [0.15, 0.2) is 0 Å². The lowest BCUT2D eigenvalue weighted by molar-refractivity contribution is 0.102. The summed E-state index contributed by atoms with van der Waals surface area (Å²) in [5.74, 6) is 1.42. The van der Waals surface area contributed by atoms with Gasteiger partial charge in [0.05, 0.1) is 25.3 Å². The number of anilines is 2. The van der Waals surface area contributed by atoms with Crippen molar-refractivity contribution in [1.29, 1.82) is 5.26 Å². The van der Waals surface area contributed by atoms with Gasteiger partial charge in [0.25, 0.3) is 5.91 Å². The number of hydrogen-bond donors (Lipinski definition) is 2. The fraction of sp³-hybridized carbons (Fsp3) is 0.143. The number of nitrogens with one attached hydrogen (secondary N) is 2. The van der Waals surface area contributed by atoms with E-state index in [0.717, 1.165) is 11.5 Å². The molecule has 1 aromatic heterocycles. The highest BCUT2D eigenvalue weighted by Gasteiger charge is 2.09. The molecule has 8 heteroatoms. The van der Waals surface area contributed by atoms with Crippen LogP contribution in [0.2, 0.25) is 0 Å². The van der Waals surface area contributed by atoms with Crippen LogP contribution < -0.4 is 20.1 Å². The summed E-state index contributed by atoms with van der Waals surface area (Å²) in [5.41, 5.74) is 1.20. The average Bonchev–Trinajstić information content (AvgIpc) is 2.77. The van der Waals surface area contributed by atoms with E-state index in [9.17, 15) is 4.79 Å². The largest absolute Gasteiger partial charge is 0.497 e. The molecular formula is C21H19N5O3. The van der Waals surface area contributed by atoms with Crippen LogP contribution >= 0.6 is 0 Å². The zero-order chi connectivity index (χ0) is 20.5. The van der Waals surface area contributed by atoms with Gasteiger partial charge in [-0.25, -0.2) is 9.97 Å². The van der Waals surface area contributed by atoms with Crippen LogP contribution in [0.15, 0.2) is 60.8 Å². The number of ether oxygens (including phenoxy) is 2. The van der Waals surface area contributed by atoms with Crippen LogP contribution in [0.4, 0.5) is 11.6 Å². The highest BCUT2D eigenvalue weighted by atomic mass is 16.5. The summed E-state index contributed by atoms with van der Waals surface area (Å²) in [5, 5.41) is 14.7. The summed E-state index contributed by atoms with van der Waals surface area (Å²) in [6, 6.07) is 17.5. The predicted molar refractivity (Wildman–Crippen MR) is 108 cm³/mol. The van der Waals surface area contributed by atoms with E-state index in [-0.39, 0.29) is 11.6 Å². The number of nitriles is 1. The van der Waals surface area contributed by atoms with E-state index in [1.165, 1.54) is 12.3 Å². The van der Waals surface area contributed by atoms with Crippen molar-refractivity contribution < 1.29 is 14.3 Å². The highest BCUT2D eigenvalue weighted by Crippen LogP contribution is 2.17. The number of aromatic nitrogens is 2. The first-order valence-corrected chi connectivity index (χ1v) is 8.83. The summed E-state index contributed by atoms with van der Waals surface area (Å²) >= 11 is 0. The van der Waals surface area contributed by atoms with Gasteiger partial charge in [0.2, 0.25) is 5.95 Å². The first-order valence-electron chi connectivity index (χ1n) is 8.83. The third-order valence-electron chi connectivity index (χ3n) is 3.85. The van der Waals surface area contributed by atoms with Gasteiger partial charge >= 0.3 is 0 Å². The average molecular weight is 389 g/mol. The molecule has 1 amide bonds. The Morgan fingerprint density at radius 2 is 1.93 bits per heavy atom. The van der Waals surface area contributed by atoms with Crippen LogP contribution in [0.3, 0.4) is 0 Å². The molecule has 0 unspecified atom stereocenters. The standard InChI is InChI=1S/C21H19N5O3/c1-28-17-5-7-18(8-6-17)29-12-11-24-21-23-10-9-19(26-21)20(27)25-16-4-2-3-15(13-16)14-22/h2-10,13H,11-12H2,1H3,(H,25,27)(H,23,24,26). The Hall–Kier alpha value is -4.12. The molecule has 0 aliphatic heterocycles. The summed E-state index contributed by atoms with van der Waals surface area (Å²) < 4.78 is 10.7. The van der Waals surface area contributed by atoms with Crippen molar-refractivity contribution in [1.82, 2.24) is 9.97 Å². The van der Waals surface area contributed by atoms with Gasteiger partial charge in [-0.05, 0) is 48.5 Å². The van der Waals surface area contributed by atoms with E-state index in [2.05, 4.69) is 20.6 Å². The number of benzene rings is 2. The quantitative estimate of drug-likeness (QED) is 0.570. The maximum atomic E-state index is 12.4. The van der Waals surface area contributed by atoms with Crippen molar-refractivity contribution in [3.8, 4) is 17.6 Å². The molecule has 3 aromatic rings. The number of rotatable bonds is 8. The van der Waals surface area contributed by atoms with Crippen LogP contribution in [-0.2, 0) is 0 Å². The van der Waals surface area contributed by atoms with Crippen molar-refractivity contribution >= 4 is 17.5 Å². The van der Waals surface area contributed by atoms with Crippen LogP contribution in [-0.4, -0.2) is 36.1 Å². The van der Waals surface area contributed by atoms with Gasteiger partial charge in [0, 0.05) is 11.9 Å². The predicted octanol–water partition coefficient (Wildman–Crippen LogP) is 3.10. The smallest absolute Gasteiger partial charge is 0.274 e. The third kappa shape index (κ3) is 5.68. The zero-order valence-corrected chi connectivity index (χ0v) is 15.8. The van der Waals surface area contributed by atoms with Crippen molar-refractivity contribution in [2.24, 2.45) is 0 Å². The summed E-state index contributed by atoms with van der Waals surface area (Å²) in [4.78, 5) is 20.7. The number of hydrogen-bond acceptors (Lipinski definition) is 7. The van der Waals surface area contributed by atoms with E-state index in [0.29, 0.717) is 30.4 Å². The Morgan fingerprint density at radius 1 is 1.14 bits per heavy atom. The molecule has 0 fully saturated rings. The maximum absolute atomic E-state index is 12.4. The van der Waals surface area contributed by atoms with Crippen LogP contribution in [0.5, 0.6) is 11.5 Å². The minimum Gasteiger partial charge on any atom is -0.497 e. The summed E-state index contributed by atoms with van der Waals surface area (Å²) in [6.07, 6.45) is 1.50. The van der Waals surface area contributed by atoms with Crippen molar-refractivity contribution in [3.05, 3.63) is 72.1 Å². The molecule has 146 valence electrons. The minimum absolute atomic E-state index is 0.209. The molecule has 1 heterocycles. The van der Waals surface area contributed by atoms with E-state index < -0.39 is 0 Å². The molecule has 2 aromatic carbocycles. The second-order valence-corrected chi connectivity index (χ2v) is 5.86. The number of methoxy groups -OCH3 is 1. The van der Waals surface area contributed by atoms with Crippen molar-refractivity contribution in [2.75, 3.05) is 30.9 Å². The molecule has 8 nitrogen and oxygen atoms in total. The lowest BCUT2D eigenvalue weighted by atomic mass is 10.2. The maximum Gasteiger partial charge on any atom is 0.274 e. The topological polar surface area (TPSA) is 109 Å². The van der Waals surface area contributed by atoms with Gasteiger partial charge in [-0.1, -0.05) is 6.07 Å². The monoisotopic (exact) mass is 389 g/mol. The molecule has 0 atom stereocenters. The molecule has 2 N–H and O–H groups in total. The highest BCUT2D eigenvalue weighted by molar-refractivity contribution is 6.03. The fourth-order valence-electron chi connectivity index (χ4n) is 2.44. The second kappa shape index (κ2) is 9.71. The zero-order valence-electron chi connectivity index (χ0n) is 15.8.